The van der Waals surface area contributed by atoms with Crippen LogP contribution in [-0.2, 0) is 16.1 Å². The Morgan fingerprint density at radius 1 is 0.976 bits per heavy atom. The van der Waals surface area contributed by atoms with Crippen molar-refractivity contribution in [3.8, 4) is 11.5 Å². The van der Waals surface area contributed by atoms with Crippen molar-refractivity contribution in [1.82, 2.24) is 0 Å². The second-order valence-corrected chi connectivity index (χ2v) is 11.6. The molecule has 2 aliphatic rings. The Morgan fingerprint density at radius 2 is 1.81 bits per heavy atom. The third kappa shape index (κ3) is 7.93. The van der Waals surface area contributed by atoms with Crippen molar-refractivity contribution >= 4 is 11.5 Å². The zero-order chi connectivity index (χ0) is 29.1. The highest BCUT2D eigenvalue weighted by molar-refractivity contribution is 5.95. The van der Waals surface area contributed by atoms with Crippen molar-refractivity contribution < 1.29 is 23.7 Å². The van der Waals surface area contributed by atoms with Crippen LogP contribution in [0.15, 0.2) is 72.8 Å². The molecule has 6 nitrogen and oxygen atoms in total. The molecule has 3 aromatic carbocycles. The second-order valence-electron chi connectivity index (χ2n) is 11.6. The summed E-state index contributed by atoms with van der Waals surface area (Å²) in [7, 11) is 3.46. The third-order valence-electron chi connectivity index (χ3n) is 8.77. The minimum absolute atomic E-state index is 0.144. The summed E-state index contributed by atoms with van der Waals surface area (Å²) in [6.45, 7) is 3.89. The van der Waals surface area contributed by atoms with Crippen LogP contribution in [0.5, 0.6) is 11.5 Å². The van der Waals surface area contributed by atoms with Crippen LogP contribution in [0, 0.1) is 5.92 Å². The zero-order valence-electron chi connectivity index (χ0n) is 25.1. The van der Waals surface area contributed by atoms with E-state index in [-0.39, 0.29) is 11.9 Å². The molecule has 0 saturated heterocycles. The fraction of sp³-hybridized carbons (Fsp3) is 0.472. The maximum atomic E-state index is 12.6. The summed E-state index contributed by atoms with van der Waals surface area (Å²) in [5.74, 6) is 2.96. The summed E-state index contributed by atoms with van der Waals surface area (Å²) >= 11 is 0. The third-order valence-corrected chi connectivity index (χ3v) is 8.77. The van der Waals surface area contributed by atoms with E-state index in [0.29, 0.717) is 31.5 Å². The zero-order valence-corrected chi connectivity index (χ0v) is 25.1. The number of fused-ring (bicyclic) bond motifs is 1. The number of anilines is 1. The Hall–Kier alpha value is -3.35. The molecule has 0 bridgehead atoms. The number of methoxy groups -OCH3 is 2. The van der Waals surface area contributed by atoms with Gasteiger partial charge >= 0.3 is 0 Å². The molecule has 42 heavy (non-hydrogen) atoms. The number of ketones is 1. The van der Waals surface area contributed by atoms with Crippen molar-refractivity contribution in [2.24, 2.45) is 5.92 Å². The number of Topliss-reactive ketones (excluding diaryl/α,β-unsaturated/α-hetero) is 1. The van der Waals surface area contributed by atoms with Gasteiger partial charge in [0.15, 0.2) is 5.78 Å². The number of carbonyl (C=O) groups excluding carboxylic acids is 1. The van der Waals surface area contributed by atoms with Crippen LogP contribution < -0.4 is 14.4 Å². The number of benzene rings is 3. The number of hydrogen-bond donors (Lipinski definition) is 0. The van der Waals surface area contributed by atoms with Crippen LogP contribution >= 0.6 is 0 Å². The molecule has 1 fully saturated rings. The molecule has 224 valence electrons. The van der Waals surface area contributed by atoms with Gasteiger partial charge < -0.3 is 23.8 Å². The summed E-state index contributed by atoms with van der Waals surface area (Å²) in [4.78, 5) is 15.0. The first-order valence-electron chi connectivity index (χ1n) is 15.5. The molecular weight excluding hydrogens is 526 g/mol. The monoisotopic (exact) mass is 571 g/mol. The summed E-state index contributed by atoms with van der Waals surface area (Å²) in [6.07, 6.45) is 6.96. The van der Waals surface area contributed by atoms with Gasteiger partial charge in [-0.15, -0.1) is 0 Å². The minimum atomic E-state index is 0.144. The van der Waals surface area contributed by atoms with Crippen LogP contribution in [0.1, 0.15) is 72.3 Å². The van der Waals surface area contributed by atoms with Crippen molar-refractivity contribution in [3.63, 3.8) is 0 Å². The molecule has 1 heterocycles. The average molecular weight is 572 g/mol. The Kier molecular flexibility index (Phi) is 10.9. The number of rotatable bonds is 14. The standard InChI is InChI=1S/C36H45NO5/c1-39-22-7-20-37-21-23-41-36-19-13-28(25-33(36)37)26-42-35-18-12-27(8-6-11-34(38)30-9-4-3-5-10-30)24-32(35)29-14-16-31(40-2)17-15-29/h3-5,9-10,13-17,19,25,27,32,35H,6-8,11-12,18,20-24,26H2,1-2H3/t27-,32+,35-/m0/s1. The number of ether oxygens (including phenoxy) is 4. The highest BCUT2D eigenvalue weighted by Crippen LogP contribution is 2.41. The molecule has 0 unspecified atom stereocenters. The molecule has 3 aromatic rings. The molecule has 5 rings (SSSR count). The minimum Gasteiger partial charge on any atom is -0.497 e. The van der Waals surface area contributed by atoms with Gasteiger partial charge in [-0.2, -0.15) is 0 Å². The summed E-state index contributed by atoms with van der Waals surface area (Å²) in [5, 5.41) is 0. The quantitative estimate of drug-likeness (QED) is 0.148. The fourth-order valence-corrected chi connectivity index (χ4v) is 6.46. The first kappa shape index (κ1) is 30.1. The maximum Gasteiger partial charge on any atom is 0.162 e. The molecule has 6 heteroatoms. The summed E-state index contributed by atoms with van der Waals surface area (Å²) in [6, 6.07) is 24.6. The van der Waals surface area contributed by atoms with Crippen LogP contribution in [0.2, 0.25) is 0 Å². The average Bonchev–Trinajstić information content (AvgIpc) is 3.04. The summed E-state index contributed by atoms with van der Waals surface area (Å²) < 4.78 is 23.3. The predicted molar refractivity (Wildman–Crippen MR) is 167 cm³/mol. The van der Waals surface area contributed by atoms with Crippen molar-refractivity contribution in [3.05, 3.63) is 89.5 Å². The van der Waals surface area contributed by atoms with Gasteiger partial charge in [-0.25, -0.2) is 0 Å². The van der Waals surface area contributed by atoms with E-state index >= 15 is 0 Å². The smallest absolute Gasteiger partial charge is 0.162 e. The molecule has 1 aliphatic carbocycles. The Bertz CT molecular complexity index is 1260. The van der Waals surface area contributed by atoms with Gasteiger partial charge in [-0.1, -0.05) is 48.5 Å². The molecule has 1 aliphatic heterocycles. The molecule has 0 aromatic heterocycles. The van der Waals surface area contributed by atoms with Gasteiger partial charge in [0.25, 0.3) is 0 Å². The van der Waals surface area contributed by atoms with E-state index < -0.39 is 0 Å². The summed E-state index contributed by atoms with van der Waals surface area (Å²) in [5.41, 5.74) is 4.44. The first-order chi connectivity index (χ1) is 20.6. The van der Waals surface area contributed by atoms with Crippen LogP contribution in [0.25, 0.3) is 0 Å². The van der Waals surface area contributed by atoms with E-state index in [1.165, 1.54) is 11.1 Å². The van der Waals surface area contributed by atoms with Gasteiger partial charge in [-0.3, -0.25) is 4.79 Å². The van der Waals surface area contributed by atoms with Crippen LogP contribution in [0.3, 0.4) is 0 Å². The van der Waals surface area contributed by atoms with E-state index in [9.17, 15) is 4.79 Å². The van der Waals surface area contributed by atoms with E-state index in [4.69, 9.17) is 18.9 Å². The largest absolute Gasteiger partial charge is 0.497 e. The Labute approximate surface area is 250 Å². The van der Waals surface area contributed by atoms with E-state index in [0.717, 1.165) is 81.0 Å². The van der Waals surface area contributed by atoms with Crippen molar-refractivity contribution in [1.29, 1.82) is 0 Å². The highest BCUT2D eigenvalue weighted by atomic mass is 16.5. The van der Waals surface area contributed by atoms with Crippen LogP contribution in [-0.4, -0.2) is 52.4 Å². The van der Waals surface area contributed by atoms with E-state index in [1.54, 1.807) is 14.2 Å². The maximum absolute atomic E-state index is 12.6. The van der Waals surface area contributed by atoms with Crippen molar-refractivity contribution in [2.75, 3.05) is 45.4 Å². The Balaban J connectivity index is 1.22. The fourth-order valence-electron chi connectivity index (χ4n) is 6.46. The topological polar surface area (TPSA) is 57.2 Å². The molecule has 0 N–H and O–H groups in total. The lowest BCUT2D eigenvalue weighted by atomic mass is 9.74. The molecule has 0 amide bonds. The molecule has 1 saturated carbocycles. The number of hydrogen-bond acceptors (Lipinski definition) is 6. The van der Waals surface area contributed by atoms with Gasteiger partial charge in [0, 0.05) is 38.2 Å². The molecule has 0 radical (unpaired) electrons. The van der Waals surface area contributed by atoms with Crippen molar-refractivity contribution in [2.45, 2.75) is 63.6 Å². The lowest BCUT2D eigenvalue weighted by Crippen LogP contribution is -2.34. The van der Waals surface area contributed by atoms with Crippen LogP contribution in [0.4, 0.5) is 5.69 Å². The normalized spacial score (nSPS) is 20.0. The van der Waals surface area contributed by atoms with Gasteiger partial charge in [0.05, 0.1) is 32.1 Å². The van der Waals surface area contributed by atoms with Gasteiger partial charge in [-0.05, 0) is 79.8 Å². The highest BCUT2D eigenvalue weighted by Gasteiger charge is 2.32. The Morgan fingerprint density at radius 3 is 2.60 bits per heavy atom. The molecular formula is C36H45NO5. The number of nitrogens with zero attached hydrogens (tertiary/aromatic N) is 1. The molecule has 3 atom stereocenters. The number of carbonyl (C=O) groups is 1. The second kappa shape index (κ2) is 15.2. The lowest BCUT2D eigenvalue weighted by molar-refractivity contribution is -0.00951. The van der Waals surface area contributed by atoms with E-state index in [1.807, 2.05) is 30.3 Å². The predicted octanol–water partition coefficient (Wildman–Crippen LogP) is 7.45. The van der Waals surface area contributed by atoms with Gasteiger partial charge in [0.1, 0.15) is 18.1 Å². The SMILES string of the molecule is COCCCN1CCOc2ccc(CO[C@H]3CC[C@H](CCCC(=O)c4ccccc4)C[C@@H]3c3ccc(OC)cc3)cc21. The molecule has 0 spiro atoms. The first-order valence-corrected chi connectivity index (χ1v) is 15.5. The van der Waals surface area contributed by atoms with Gasteiger partial charge in [0.2, 0.25) is 0 Å². The lowest BCUT2D eigenvalue weighted by Gasteiger charge is -2.37. The van der Waals surface area contributed by atoms with E-state index in [2.05, 4.69) is 47.4 Å².